The molecule has 1 aliphatic rings. The molecule has 0 saturated heterocycles. The number of ether oxygens (including phenoxy) is 1. The largest absolute Gasteiger partial charge is 0.455 e. The number of allylic oxidation sites excluding steroid dienone is 2. The fraction of sp³-hybridized carbons (Fsp3) is 0.353. The Bertz CT molecular complexity index is 625. The van der Waals surface area contributed by atoms with Gasteiger partial charge in [-0.05, 0) is 37.5 Å². The molecular weight excluding hydrogens is 296 g/mol. The van der Waals surface area contributed by atoms with Crippen LogP contribution in [0, 0.1) is 5.92 Å². The third-order valence-electron chi connectivity index (χ3n) is 3.58. The first-order chi connectivity index (χ1) is 11.1. The second kappa shape index (κ2) is 8.12. The normalized spacial score (nSPS) is 16.5. The monoisotopic (exact) mass is 316 g/mol. The van der Waals surface area contributed by atoms with Gasteiger partial charge in [-0.25, -0.2) is 0 Å². The summed E-state index contributed by atoms with van der Waals surface area (Å²) in [6.07, 6.45) is 6.27. The second-order valence-electron chi connectivity index (χ2n) is 5.30. The Morgan fingerprint density at radius 1 is 1.26 bits per heavy atom. The van der Waals surface area contributed by atoms with Crippen LogP contribution >= 0.6 is 0 Å². The van der Waals surface area contributed by atoms with Crippen LogP contribution in [0.15, 0.2) is 36.4 Å². The Morgan fingerprint density at radius 2 is 2.09 bits per heavy atom. The first-order valence-corrected chi connectivity index (χ1v) is 7.54. The van der Waals surface area contributed by atoms with Gasteiger partial charge in [-0.15, -0.1) is 0 Å². The number of benzene rings is 1. The van der Waals surface area contributed by atoms with Crippen molar-refractivity contribution in [2.75, 3.05) is 19.0 Å². The third kappa shape index (κ3) is 4.95. The summed E-state index contributed by atoms with van der Waals surface area (Å²) >= 11 is 0. The molecule has 1 aromatic carbocycles. The second-order valence-corrected chi connectivity index (χ2v) is 5.30. The van der Waals surface area contributed by atoms with Crippen LogP contribution in [0.5, 0.6) is 0 Å². The number of anilines is 1. The highest BCUT2D eigenvalue weighted by atomic mass is 16.5. The summed E-state index contributed by atoms with van der Waals surface area (Å²) in [6.45, 7) is -0.330. The Labute approximate surface area is 134 Å². The van der Waals surface area contributed by atoms with Gasteiger partial charge in [0.25, 0.3) is 11.8 Å². The molecular formula is C17H20N2O4. The van der Waals surface area contributed by atoms with E-state index in [1.54, 1.807) is 24.3 Å². The molecule has 0 fully saturated rings. The van der Waals surface area contributed by atoms with Crippen molar-refractivity contribution in [1.29, 1.82) is 0 Å². The average Bonchev–Trinajstić information content (AvgIpc) is 2.60. The minimum atomic E-state index is -0.432. The van der Waals surface area contributed by atoms with E-state index >= 15 is 0 Å². The van der Waals surface area contributed by atoms with Gasteiger partial charge in [0.15, 0.2) is 6.61 Å². The maximum atomic E-state index is 11.8. The van der Waals surface area contributed by atoms with E-state index in [1.807, 2.05) is 12.2 Å². The van der Waals surface area contributed by atoms with Crippen molar-refractivity contribution < 1.29 is 19.1 Å². The Morgan fingerprint density at radius 3 is 2.78 bits per heavy atom. The van der Waals surface area contributed by atoms with Crippen LogP contribution in [0.1, 0.15) is 29.6 Å². The minimum Gasteiger partial charge on any atom is -0.455 e. The van der Waals surface area contributed by atoms with E-state index in [4.69, 9.17) is 4.74 Å². The lowest BCUT2D eigenvalue weighted by molar-refractivity contribution is -0.151. The fourth-order valence-corrected chi connectivity index (χ4v) is 2.34. The maximum Gasteiger partial charge on any atom is 0.309 e. The third-order valence-corrected chi connectivity index (χ3v) is 3.58. The summed E-state index contributed by atoms with van der Waals surface area (Å²) in [6, 6.07) is 6.54. The van der Waals surface area contributed by atoms with Gasteiger partial charge in [-0.1, -0.05) is 18.2 Å². The summed E-state index contributed by atoms with van der Waals surface area (Å²) in [5.74, 6) is -1.18. The Hall–Kier alpha value is -2.63. The van der Waals surface area contributed by atoms with Crippen LogP contribution in [0.4, 0.5) is 5.69 Å². The van der Waals surface area contributed by atoms with Crippen molar-refractivity contribution >= 4 is 23.5 Å². The summed E-state index contributed by atoms with van der Waals surface area (Å²) < 4.78 is 5.05. The van der Waals surface area contributed by atoms with Gasteiger partial charge in [-0.2, -0.15) is 0 Å². The van der Waals surface area contributed by atoms with Crippen molar-refractivity contribution in [3.63, 3.8) is 0 Å². The van der Waals surface area contributed by atoms with Crippen molar-refractivity contribution in [3.05, 3.63) is 42.0 Å². The molecule has 0 aliphatic heterocycles. The van der Waals surface area contributed by atoms with E-state index in [1.165, 1.54) is 7.05 Å². The molecule has 6 nitrogen and oxygen atoms in total. The van der Waals surface area contributed by atoms with Gasteiger partial charge in [-0.3, -0.25) is 14.4 Å². The topological polar surface area (TPSA) is 84.5 Å². The van der Waals surface area contributed by atoms with Gasteiger partial charge in [0.1, 0.15) is 0 Å². The molecule has 0 radical (unpaired) electrons. The highest BCUT2D eigenvalue weighted by Gasteiger charge is 2.21. The zero-order valence-corrected chi connectivity index (χ0v) is 13.0. The van der Waals surface area contributed by atoms with Gasteiger partial charge >= 0.3 is 5.97 Å². The molecule has 0 aromatic heterocycles. The van der Waals surface area contributed by atoms with E-state index < -0.39 is 5.91 Å². The standard InChI is InChI=1S/C17H20N2O4/c1-18-16(21)13-8-5-9-14(10-13)19-15(20)11-23-17(22)12-6-3-2-4-7-12/h2-3,5,8-10,12H,4,6-7,11H2,1H3,(H,18,21)(H,19,20). The van der Waals surface area contributed by atoms with E-state index in [0.717, 1.165) is 12.8 Å². The minimum absolute atomic E-state index is 0.163. The molecule has 1 atom stereocenters. The number of carbonyl (C=O) groups is 3. The molecule has 0 heterocycles. The predicted molar refractivity (Wildman–Crippen MR) is 85.9 cm³/mol. The van der Waals surface area contributed by atoms with Crippen LogP contribution in [0.2, 0.25) is 0 Å². The van der Waals surface area contributed by atoms with Crippen molar-refractivity contribution in [2.45, 2.75) is 19.3 Å². The summed E-state index contributed by atoms with van der Waals surface area (Å²) in [4.78, 5) is 35.2. The smallest absolute Gasteiger partial charge is 0.309 e. The Kier molecular flexibility index (Phi) is 5.91. The first kappa shape index (κ1) is 16.7. The maximum absolute atomic E-state index is 11.8. The number of rotatable bonds is 5. The van der Waals surface area contributed by atoms with Crippen LogP contribution in [0.25, 0.3) is 0 Å². The Balaban J connectivity index is 1.83. The number of esters is 1. The number of hydrogen-bond acceptors (Lipinski definition) is 4. The highest BCUT2D eigenvalue weighted by molar-refractivity contribution is 5.97. The van der Waals surface area contributed by atoms with Gasteiger partial charge in [0.2, 0.25) is 0 Å². The molecule has 2 amide bonds. The molecule has 2 rings (SSSR count). The molecule has 1 unspecified atom stereocenters. The molecule has 0 saturated carbocycles. The molecule has 1 aliphatic carbocycles. The lowest BCUT2D eigenvalue weighted by Crippen LogP contribution is -2.25. The van der Waals surface area contributed by atoms with E-state index in [9.17, 15) is 14.4 Å². The molecule has 0 spiro atoms. The lowest BCUT2D eigenvalue weighted by Gasteiger charge is -2.16. The zero-order valence-electron chi connectivity index (χ0n) is 13.0. The highest BCUT2D eigenvalue weighted by Crippen LogP contribution is 2.19. The van der Waals surface area contributed by atoms with Crippen LogP contribution in [-0.4, -0.2) is 31.4 Å². The van der Waals surface area contributed by atoms with Crippen LogP contribution in [0.3, 0.4) is 0 Å². The van der Waals surface area contributed by atoms with Crippen LogP contribution in [-0.2, 0) is 14.3 Å². The lowest BCUT2D eigenvalue weighted by atomic mass is 9.95. The number of carbonyl (C=O) groups excluding carboxylic acids is 3. The number of hydrogen-bond donors (Lipinski definition) is 2. The first-order valence-electron chi connectivity index (χ1n) is 7.54. The van der Waals surface area contributed by atoms with Crippen molar-refractivity contribution in [1.82, 2.24) is 5.32 Å². The molecule has 1 aromatic rings. The van der Waals surface area contributed by atoms with Crippen LogP contribution < -0.4 is 10.6 Å². The molecule has 2 N–H and O–H groups in total. The fourth-order valence-electron chi connectivity index (χ4n) is 2.34. The molecule has 23 heavy (non-hydrogen) atoms. The van der Waals surface area contributed by atoms with E-state index in [2.05, 4.69) is 10.6 Å². The van der Waals surface area contributed by atoms with Gasteiger partial charge in [0.05, 0.1) is 5.92 Å². The van der Waals surface area contributed by atoms with E-state index in [0.29, 0.717) is 17.7 Å². The molecule has 0 bridgehead atoms. The predicted octanol–water partition coefficient (Wildman–Crippen LogP) is 1.88. The molecule has 122 valence electrons. The SMILES string of the molecule is CNC(=O)c1cccc(NC(=O)COC(=O)C2CC=CCC2)c1. The number of nitrogens with one attached hydrogen (secondary N) is 2. The van der Waals surface area contributed by atoms with Crippen molar-refractivity contribution in [2.24, 2.45) is 5.92 Å². The zero-order chi connectivity index (χ0) is 16.7. The van der Waals surface area contributed by atoms with Crippen molar-refractivity contribution in [3.8, 4) is 0 Å². The van der Waals surface area contributed by atoms with Gasteiger partial charge in [0, 0.05) is 18.3 Å². The summed E-state index contributed by atoms with van der Waals surface area (Å²) in [5.41, 5.74) is 0.920. The summed E-state index contributed by atoms with van der Waals surface area (Å²) in [7, 11) is 1.54. The van der Waals surface area contributed by atoms with E-state index in [-0.39, 0.29) is 24.4 Å². The quantitative estimate of drug-likeness (QED) is 0.642. The number of amides is 2. The average molecular weight is 316 g/mol. The summed E-state index contributed by atoms with van der Waals surface area (Å²) in [5, 5.41) is 5.12. The van der Waals surface area contributed by atoms with Gasteiger partial charge < -0.3 is 15.4 Å². The molecule has 6 heteroatoms.